The first-order valence-corrected chi connectivity index (χ1v) is 7.99. The Hall–Kier alpha value is -0.830. The second-order valence-corrected chi connectivity index (χ2v) is 6.13. The highest BCUT2D eigenvalue weighted by Gasteiger charge is 2.16. The minimum atomic E-state index is 0.361. The van der Waals surface area contributed by atoms with Crippen molar-refractivity contribution in [2.75, 3.05) is 6.54 Å². The summed E-state index contributed by atoms with van der Waals surface area (Å²) in [6, 6.07) is 10.7. The van der Waals surface area contributed by atoms with Gasteiger partial charge in [0.05, 0.1) is 0 Å². The Morgan fingerprint density at radius 1 is 1.26 bits per heavy atom. The maximum atomic E-state index is 6.28. The summed E-state index contributed by atoms with van der Waals surface area (Å²) < 4.78 is 0. The van der Waals surface area contributed by atoms with Crippen LogP contribution in [0.1, 0.15) is 35.4 Å². The Morgan fingerprint density at radius 3 is 2.68 bits per heavy atom. The van der Waals surface area contributed by atoms with Gasteiger partial charge in [0.25, 0.3) is 0 Å². The number of halogens is 1. The Kier molecular flexibility index (Phi) is 5.44. The summed E-state index contributed by atoms with van der Waals surface area (Å²) in [7, 11) is 0. The first-order chi connectivity index (χ1) is 9.22. The van der Waals surface area contributed by atoms with E-state index in [0.717, 1.165) is 24.4 Å². The molecule has 0 amide bonds. The molecule has 0 saturated carbocycles. The molecule has 0 aliphatic carbocycles. The fraction of sp³-hybridized carbons (Fsp3) is 0.375. The summed E-state index contributed by atoms with van der Waals surface area (Å²) in [6.45, 7) is 5.41. The van der Waals surface area contributed by atoms with Gasteiger partial charge >= 0.3 is 0 Å². The van der Waals surface area contributed by atoms with Crippen LogP contribution < -0.4 is 5.32 Å². The number of nitrogens with one attached hydrogen (secondary N) is 1. The van der Waals surface area contributed by atoms with E-state index in [-0.39, 0.29) is 0 Å². The largest absolute Gasteiger partial charge is 0.309 e. The van der Waals surface area contributed by atoms with Gasteiger partial charge in [-0.25, -0.2) is 0 Å². The zero-order valence-corrected chi connectivity index (χ0v) is 13.0. The first kappa shape index (κ1) is 14.6. The predicted octanol–water partition coefficient (Wildman–Crippen LogP) is 4.99. The lowest BCUT2D eigenvalue weighted by molar-refractivity contribution is 0.535. The number of thiophene rings is 1. The molecule has 0 saturated heterocycles. The fourth-order valence-corrected chi connectivity index (χ4v) is 3.42. The average Bonchev–Trinajstić information content (AvgIpc) is 2.83. The van der Waals surface area contributed by atoms with Crippen LogP contribution >= 0.6 is 22.9 Å². The van der Waals surface area contributed by atoms with E-state index >= 15 is 0 Å². The molecule has 1 unspecified atom stereocenters. The van der Waals surface area contributed by atoms with Gasteiger partial charge < -0.3 is 5.32 Å². The predicted molar refractivity (Wildman–Crippen MR) is 85.2 cm³/mol. The quantitative estimate of drug-likeness (QED) is 0.791. The lowest BCUT2D eigenvalue weighted by Crippen LogP contribution is -2.24. The van der Waals surface area contributed by atoms with Gasteiger partial charge in [0, 0.05) is 15.9 Å². The SMILES string of the molecule is CCCNC(Cc1ccccc1Cl)c1sccc1C. The molecule has 19 heavy (non-hydrogen) atoms. The molecule has 1 atom stereocenters. The zero-order valence-electron chi connectivity index (χ0n) is 11.4. The molecule has 1 nitrogen and oxygen atoms in total. The number of hydrogen-bond donors (Lipinski definition) is 1. The molecule has 1 aromatic carbocycles. The molecule has 1 heterocycles. The number of benzene rings is 1. The molecule has 1 N–H and O–H groups in total. The summed E-state index contributed by atoms with van der Waals surface area (Å²) in [5.41, 5.74) is 2.58. The van der Waals surface area contributed by atoms with E-state index < -0.39 is 0 Å². The first-order valence-electron chi connectivity index (χ1n) is 6.73. The van der Waals surface area contributed by atoms with E-state index in [2.05, 4.69) is 42.7 Å². The Labute approximate surface area is 124 Å². The maximum Gasteiger partial charge on any atom is 0.0458 e. The number of hydrogen-bond acceptors (Lipinski definition) is 2. The molecule has 0 aliphatic rings. The molecule has 102 valence electrons. The topological polar surface area (TPSA) is 12.0 Å². The zero-order chi connectivity index (χ0) is 13.7. The van der Waals surface area contributed by atoms with Crippen molar-refractivity contribution in [1.29, 1.82) is 0 Å². The monoisotopic (exact) mass is 293 g/mol. The van der Waals surface area contributed by atoms with Gasteiger partial charge in [-0.1, -0.05) is 36.7 Å². The highest BCUT2D eigenvalue weighted by Crippen LogP contribution is 2.29. The smallest absolute Gasteiger partial charge is 0.0458 e. The van der Waals surface area contributed by atoms with Crippen molar-refractivity contribution in [3.05, 3.63) is 56.7 Å². The molecule has 0 fully saturated rings. The molecular weight excluding hydrogens is 274 g/mol. The standard InChI is InChI=1S/C16H20ClNS/c1-3-9-18-15(16-12(2)8-10-19-16)11-13-6-4-5-7-14(13)17/h4-8,10,15,18H,3,9,11H2,1-2H3. The Morgan fingerprint density at radius 2 is 2.05 bits per heavy atom. The molecule has 0 aliphatic heterocycles. The third-order valence-corrected chi connectivity index (χ3v) is 4.74. The van der Waals surface area contributed by atoms with Crippen molar-refractivity contribution in [3.8, 4) is 0 Å². The molecular formula is C16H20ClNS. The highest BCUT2D eigenvalue weighted by atomic mass is 35.5. The van der Waals surface area contributed by atoms with E-state index in [1.807, 2.05) is 23.5 Å². The van der Waals surface area contributed by atoms with Crippen LogP contribution in [0.2, 0.25) is 5.02 Å². The molecule has 1 aromatic heterocycles. The van der Waals surface area contributed by atoms with E-state index in [1.54, 1.807) is 0 Å². The fourth-order valence-electron chi connectivity index (χ4n) is 2.20. The van der Waals surface area contributed by atoms with Crippen LogP contribution in [0.25, 0.3) is 0 Å². The van der Waals surface area contributed by atoms with Gasteiger partial charge in [0.1, 0.15) is 0 Å². The third kappa shape index (κ3) is 3.82. The van der Waals surface area contributed by atoms with Crippen LogP contribution in [0, 0.1) is 6.92 Å². The summed E-state index contributed by atoms with van der Waals surface area (Å²) in [5, 5.41) is 6.67. The van der Waals surface area contributed by atoms with E-state index in [9.17, 15) is 0 Å². The molecule has 0 radical (unpaired) electrons. The highest BCUT2D eigenvalue weighted by molar-refractivity contribution is 7.10. The third-order valence-electron chi connectivity index (χ3n) is 3.24. The second-order valence-electron chi connectivity index (χ2n) is 4.77. The molecule has 2 aromatic rings. The van der Waals surface area contributed by atoms with E-state index in [4.69, 9.17) is 11.6 Å². The van der Waals surface area contributed by atoms with Crippen LogP contribution in [0.5, 0.6) is 0 Å². The minimum Gasteiger partial charge on any atom is -0.309 e. The van der Waals surface area contributed by atoms with Gasteiger partial charge in [-0.15, -0.1) is 11.3 Å². The molecule has 0 spiro atoms. The van der Waals surface area contributed by atoms with Crippen molar-refractivity contribution in [3.63, 3.8) is 0 Å². The van der Waals surface area contributed by atoms with Gasteiger partial charge in [-0.05, 0) is 54.9 Å². The summed E-state index contributed by atoms with van der Waals surface area (Å²) >= 11 is 8.11. The summed E-state index contributed by atoms with van der Waals surface area (Å²) in [4.78, 5) is 1.42. The molecule has 0 bridgehead atoms. The lowest BCUT2D eigenvalue weighted by Gasteiger charge is -2.19. The number of rotatable bonds is 6. The van der Waals surface area contributed by atoms with Crippen LogP contribution in [0.3, 0.4) is 0 Å². The van der Waals surface area contributed by atoms with Crippen LogP contribution in [0.4, 0.5) is 0 Å². The maximum absolute atomic E-state index is 6.28. The van der Waals surface area contributed by atoms with E-state index in [0.29, 0.717) is 6.04 Å². The Bertz CT molecular complexity index is 521. The second kappa shape index (κ2) is 7.09. The van der Waals surface area contributed by atoms with Crippen molar-refractivity contribution < 1.29 is 0 Å². The number of aryl methyl sites for hydroxylation is 1. The van der Waals surface area contributed by atoms with Crippen molar-refractivity contribution in [1.82, 2.24) is 5.32 Å². The van der Waals surface area contributed by atoms with Crippen LogP contribution in [0.15, 0.2) is 35.7 Å². The van der Waals surface area contributed by atoms with Gasteiger partial charge in [-0.3, -0.25) is 0 Å². The molecule has 3 heteroatoms. The summed E-state index contributed by atoms with van der Waals surface area (Å²) in [6.07, 6.45) is 2.09. The van der Waals surface area contributed by atoms with Crippen molar-refractivity contribution in [2.24, 2.45) is 0 Å². The van der Waals surface area contributed by atoms with Crippen LogP contribution in [-0.4, -0.2) is 6.54 Å². The van der Waals surface area contributed by atoms with E-state index in [1.165, 1.54) is 16.0 Å². The lowest BCUT2D eigenvalue weighted by atomic mass is 10.0. The minimum absolute atomic E-state index is 0.361. The molecule has 2 rings (SSSR count). The normalized spacial score (nSPS) is 12.6. The van der Waals surface area contributed by atoms with Crippen LogP contribution in [-0.2, 0) is 6.42 Å². The summed E-state index contributed by atoms with van der Waals surface area (Å²) in [5.74, 6) is 0. The van der Waals surface area contributed by atoms with Crippen molar-refractivity contribution in [2.45, 2.75) is 32.7 Å². The van der Waals surface area contributed by atoms with Gasteiger partial charge in [0.15, 0.2) is 0 Å². The van der Waals surface area contributed by atoms with Gasteiger partial charge in [0.2, 0.25) is 0 Å². The Balaban J connectivity index is 2.19. The van der Waals surface area contributed by atoms with Gasteiger partial charge in [-0.2, -0.15) is 0 Å². The van der Waals surface area contributed by atoms with Crippen molar-refractivity contribution >= 4 is 22.9 Å². The average molecular weight is 294 g/mol.